The van der Waals surface area contributed by atoms with Crippen molar-refractivity contribution in [1.29, 1.82) is 0 Å². The summed E-state index contributed by atoms with van der Waals surface area (Å²) in [4.78, 5) is 25.8. The molecule has 0 aliphatic heterocycles. The van der Waals surface area contributed by atoms with Crippen molar-refractivity contribution < 1.29 is 5.11 Å². The van der Waals surface area contributed by atoms with Crippen LogP contribution in [0.5, 0.6) is 0 Å². The average Bonchev–Trinajstić information content (AvgIpc) is 2.14. The molecule has 5 nitrogen and oxygen atoms in total. The second kappa shape index (κ2) is 4.32. The van der Waals surface area contributed by atoms with Gasteiger partial charge in [0.2, 0.25) is 0 Å². The van der Waals surface area contributed by atoms with Gasteiger partial charge in [0.1, 0.15) is 4.47 Å². The van der Waals surface area contributed by atoms with E-state index in [2.05, 4.69) is 20.9 Å². The summed E-state index contributed by atoms with van der Waals surface area (Å²) >= 11 is 3.10. The summed E-state index contributed by atoms with van der Waals surface area (Å²) in [6, 6.07) is -0.557. The zero-order valence-electron chi connectivity index (χ0n) is 8.74. The average molecular weight is 277 g/mol. The van der Waals surface area contributed by atoms with Crippen LogP contribution in [-0.2, 0) is 0 Å². The van der Waals surface area contributed by atoms with Gasteiger partial charge in [-0.15, -0.1) is 0 Å². The highest BCUT2D eigenvalue weighted by Gasteiger charge is 2.17. The Bertz CT molecular complexity index is 475. The lowest BCUT2D eigenvalue weighted by atomic mass is 10.2. The van der Waals surface area contributed by atoms with Crippen molar-refractivity contribution in [3.8, 4) is 0 Å². The van der Waals surface area contributed by atoms with Crippen LogP contribution in [0.25, 0.3) is 0 Å². The van der Waals surface area contributed by atoms with Crippen LogP contribution in [0.1, 0.15) is 25.6 Å². The first-order valence-electron chi connectivity index (χ1n) is 4.55. The van der Waals surface area contributed by atoms with E-state index in [9.17, 15) is 14.7 Å². The highest BCUT2D eigenvalue weighted by Crippen LogP contribution is 2.09. The molecule has 2 unspecified atom stereocenters. The molecule has 0 bridgehead atoms. The third-order valence-electron chi connectivity index (χ3n) is 2.35. The Hall–Kier alpha value is -0.880. The van der Waals surface area contributed by atoms with Gasteiger partial charge in [-0.2, -0.15) is 0 Å². The summed E-state index contributed by atoms with van der Waals surface area (Å²) in [5.41, 5.74) is -0.446. The van der Waals surface area contributed by atoms with E-state index in [-0.39, 0.29) is 0 Å². The molecule has 0 fully saturated rings. The minimum Gasteiger partial charge on any atom is -0.391 e. The van der Waals surface area contributed by atoms with E-state index in [1.54, 1.807) is 13.8 Å². The summed E-state index contributed by atoms with van der Waals surface area (Å²) < 4.78 is 1.32. The predicted octanol–water partition coefficient (Wildman–Crippen LogP) is 0.549. The van der Waals surface area contributed by atoms with Crippen molar-refractivity contribution in [3.63, 3.8) is 0 Å². The van der Waals surface area contributed by atoms with Crippen LogP contribution in [-0.4, -0.2) is 20.8 Å². The summed E-state index contributed by atoms with van der Waals surface area (Å²) in [5, 5.41) is 9.36. The maximum Gasteiger partial charge on any atom is 0.328 e. The Balaban J connectivity index is 3.50. The Kier molecular flexibility index (Phi) is 3.51. The van der Waals surface area contributed by atoms with Crippen LogP contribution in [0.15, 0.2) is 14.1 Å². The van der Waals surface area contributed by atoms with Crippen LogP contribution in [0.4, 0.5) is 0 Å². The van der Waals surface area contributed by atoms with Crippen LogP contribution >= 0.6 is 15.9 Å². The molecule has 1 aromatic rings. The van der Waals surface area contributed by atoms with Crippen molar-refractivity contribution in [2.45, 2.75) is 32.9 Å². The number of hydrogen-bond donors (Lipinski definition) is 2. The number of hydrogen-bond acceptors (Lipinski definition) is 3. The van der Waals surface area contributed by atoms with Crippen molar-refractivity contribution in [2.75, 3.05) is 0 Å². The van der Waals surface area contributed by atoms with Gasteiger partial charge in [0.05, 0.1) is 12.1 Å². The molecule has 0 radical (unpaired) electrons. The predicted molar refractivity (Wildman–Crippen MR) is 60.2 cm³/mol. The molecule has 84 valence electrons. The minimum atomic E-state index is -0.765. The van der Waals surface area contributed by atoms with Gasteiger partial charge in [-0.25, -0.2) is 4.79 Å². The monoisotopic (exact) mass is 276 g/mol. The van der Waals surface area contributed by atoms with Crippen LogP contribution in [0.3, 0.4) is 0 Å². The molecule has 6 heteroatoms. The lowest BCUT2D eigenvalue weighted by molar-refractivity contribution is 0.134. The molecule has 0 saturated heterocycles. The minimum absolute atomic E-state index is 0.314. The van der Waals surface area contributed by atoms with E-state index in [4.69, 9.17) is 0 Å². The number of nitrogens with zero attached hydrogens (tertiary/aromatic N) is 1. The summed E-state index contributed by atoms with van der Waals surface area (Å²) in [7, 11) is 0. The number of aryl methyl sites for hydroxylation is 1. The summed E-state index contributed by atoms with van der Waals surface area (Å²) in [6.07, 6.45) is -0.765. The maximum atomic E-state index is 11.7. The molecule has 1 heterocycles. The molecule has 0 amide bonds. The van der Waals surface area contributed by atoms with Crippen molar-refractivity contribution in [1.82, 2.24) is 9.55 Å². The van der Waals surface area contributed by atoms with Crippen LogP contribution in [0.2, 0.25) is 0 Å². The molecule has 2 N–H and O–H groups in total. The van der Waals surface area contributed by atoms with E-state index >= 15 is 0 Å². The standard InChI is InChI=1S/C9H13BrN2O3/c1-4-7(10)8(14)12(9(15)11-4)5(2)6(3)13/h5-6,13H,1-3H3,(H,11,15). The van der Waals surface area contributed by atoms with Crippen molar-refractivity contribution in [3.05, 3.63) is 31.0 Å². The lowest BCUT2D eigenvalue weighted by Gasteiger charge is -2.17. The molecular formula is C9H13BrN2O3. The third kappa shape index (κ3) is 2.21. The van der Waals surface area contributed by atoms with Crippen molar-refractivity contribution in [2.24, 2.45) is 0 Å². The number of aliphatic hydroxyl groups is 1. The molecule has 1 rings (SSSR count). The van der Waals surface area contributed by atoms with E-state index in [1.165, 1.54) is 6.92 Å². The first kappa shape index (κ1) is 12.2. The highest BCUT2D eigenvalue weighted by molar-refractivity contribution is 9.10. The number of H-pyrrole nitrogens is 1. The number of halogens is 1. The molecule has 1 aromatic heterocycles. The fourth-order valence-corrected chi connectivity index (χ4v) is 1.51. The highest BCUT2D eigenvalue weighted by atomic mass is 79.9. The molecule has 0 aliphatic rings. The Morgan fingerprint density at radius 1 is 1.40 bits per heavy atom. The van der Waals surface area contributed by atoms with Crippen molar-refractivity contribution >= 4 is 15.9 Å². The number of aliphatic hydroxyl groups excluding tert-OH is 1. The summed E-state index contributed by atoms with van der Waals surface area (Å²) in [6.45, 7) is 4.78. The fourth-order valence-electron chi connectivity index (χ4n) is 1.22. The Morgan fingerprint density at radius 3 is 2.40 bits per heavy atom. The van der Waals surface area contributed by atoms with Gasteiger partial charge >= 0.3 is 5.69 Å². The molecule has 2 atom stereocenters. The van der Waals surface area contributed by atoms with Gasteiger partial charge < -0.3 is 10.1 Å². The number of rotatable bonds is 2. The van der Waals surface area contributed by atoms with Gasteiger partial charge in [0.15, 0.2) is 0 Å². The second-order valence-electron chi connectivity index (χ2n) is 3.53. The van der Waals surface area contributed by atoms with Gasteiger partial charge in [0, 0.05) is 5.69 Å². The van der Waals surface area contributed by atoms with Gasteiger partial charge in [-0.05, 0) is 36.7 Å². The topological polar surface area (TPSA) is 75.1 Å². The number of aromatic nitrogens is 2. The molecule has 0 aliphatic carbocycles. The molecule has 0 saturated carbocycles. The second-order valence-corrected chi connectivity index (χ2v) is 4.32. The number of aromatic amines is 1. The van der Waals surface area contributed by atoms with Gasteiger partial charge in [-0.3, -0.25) is 9.36 Å². The molecule has 0 aromatic carbocycles. The molecule has 15 heavy (non-hydrogen) atoms. The maximum absolute atomic E-state index is 11.7. The normalized spacial score (nSPS) is 15.0. The van der Waals surface area contributed by atoms with Crippen LogP contribution < -0.4 is 11.2 Å². The fraction of sp³-hybridized carbons (Fsp3) is 0.556. The first-order chi connectivity index (χ1) is 6.86. The zero-order valence-corrected chi connectivity index (χ0v) is 10.3. The quantitative estimate of drug-likeness (QED) is 0.829. The Labute approximate surface area is 94.9 Å². The SMILES string of the molecule is Cc1[nH]c(=O)n(C(C)C(C)O)c(=O)c1Br. The van der Waals surface area contributed by atoms with E-state index in [0.717, 1.165) is 4.57 Å². The smallest absolute Gasteiger partial charge is 0.328 e. The Morgan fingerprint density at radius 2 is 1.93 bits per heavy atom. The van der Waals surface area contributed by atoms with Crippen LogP contribution in [0, 0.1) is 6.92 Å². The van der Waals surface area contributed by atoms with E-state index in [1.807, 2.05) is 0 Å². The largest absolute Gasteiger partial charge is 0.391 e. The number of nitrogens with one attached hydrogen (secondary N) is 1. The summed E-state index contributed by atoms with van der Waals surface area (Å²) in [5.74, 6) is 0. The van der Waals surface area contributed by atoms with Gasteiger partial charge in [-0.1, -0.05) is 0 Å². The zero-order chi connectivity index (χ0) is 11.7. The molecule has 0 spiro atoms. The van der Waals surface area contributed by atoms with Gasteiger partial charge in [0.25, 0.3) is 5.56 Å². The lowest BCUT2D eigenvalue weighted by Crippen LogP contribution is -2.41. The molecular weight excluding hydrogens is 264 g/mol. The van der Waals surface area contributed by atoms with E-state index < -0.39 is 23.4 Å². The third-order valence-corrected chi connectivity index (χ3v) is 3.29. The van der Waals surface area contributed by atoms with E-state index in [0.29, 0.717) is 10.2 Å². The first-order valence-corrected chi connectivity index (χ1v) is 5.34.